The van der Waals surface area contributed by atoms with Crippen LogP contribution in [-0.4, -0.2) is 57.5 Å². The lowest BCUT2D eigenvalue weighted by molar-refractivity contribution is -0.268. The highest BCUT2D eigenvalue weighted by Gasteiger charge is 2.48. The number of rotatable bonds is 20. The number of fused-ring (bicyclic) bond motifs is 1. The van der Waals surface area contributed by atoms with Crippen LogP contribution in [-0.2, 0) is 30.1 Å². The number of ether oxygens (including phenoxy) is 5. The summed E-state index contributed by atoms with van der Waals surface area (Å²) in [5.74, 6) is 0. The van der Waals surface area contributed by atoms with Gasteiger partial charge in [0.25, 0.3) is 0 Å². The summed E-state index contributed by atoms with van der Waals surface area (Å²) in [6, 6.07) is 17.2. The van der Waals surface area contributed by atoms with E-state index in [1.807, 2.05) is 23.5 Å². The first-order chi connectivity index (χ1) is 21.6. The van der Waals surface area contributed by atoms with Crippen LogP contribution < -0.4 is 0 Å². The number of thiophene rings is 1. The predicted octanol–water partition coefficient (Wildman–Crippen LogP) is 9.96. The highest BCUT2D eigenvalue weighted by molar-refractivity contribution is 7.19. The summed E-state index contributed by atoms with van der Waals surface area (Å²) in [5, 5.41) is 1.97. The fourth-order valence-corrected chi connectivity index (χ4v) is 6.92. The number of hydrogen-bond acceptors (Lipinski definition) is 6. The normalized spacial score (nSPS) is 22.2. The molecule has 0 bridgehead atoms. The molecule has 1 unspecified atom stereocenters. The Morgan fingerprint density at radius 2 is 1.39 bits per heavy atom. The Kier molecular flexibility index (Phi) is 15.4. The maximum atomic E-state index is 6.98. The molecule has 0 saturated carbocycles. The van der Waals surface area contributed by atoms with Crippen LogP contribution in [0.25, 0.3) is 10.1 Å². The lowest BCUT2D eigenvalue weighted by Gasteiger charge is -2.46. The van der Waals surface area contributed by atoms with E-state index >= 15 is 0 Å². The predicted molar refractivity (Wildman–Crippen MR) is 183 cm³/mol. The molecule has 0 N–H and O–H groups in total. The Hall–Kier alpha value is -1.51. The minimum atomic E-state index is -0.287. The third-order valence-corrected chi connectivity index (χ3v) is 9.52. The quantitative estimate of drug-likeness (QED) is 0.115. The summed E-state index contributed by atoms with van der Waals surface area (Å²) < 4.78 is 34.4. The molecule has 3 aromatic rings. The molecule has 0 amide bonds. The zero-order valence-electron chi connectivity index (χ0n) is 27.2. The van der Waals surface area contributed by atoms with Crippen molar-refractivity contribution >= 4 is 33.0 Å². The first kappa shape index (κ1) is 35.3. The van der Waals surface area contributed by atoms with Crippen LogP contribution in [0.3, 0.4) is 0 Å². The second-order valence-corrected chi connectivity index (χ2v) is 13.5. The van der Waals surface area contributed by atoms with E-state index in [9.17, 15) is 0 Å². The van der Waals surface area contributed by atoms with E-state index in [0.717, 1.165) is 75.0 Å². The molecule has 1 aliphatic heterocycles. The van der Waals surface area contributed by atoms with Crippen molar-refractivity contribution in [2.24, 2.45) is 0 Å². The molecule has 1 fully saturated rings. The number of benzene rings is 2. The van der Waals surface area contributed by atoms with E-state index in [-0.39, 0.29) is 30.5 Å². The second-order valence-electron chi connectivity index (χ2n) is 11.9. The molecular weight excluding hydrogens is 592 g/mol. The summed E-state index contributed by atoms with van der Waals surface area (Å²) in [4.78, 5) is 1.31. The van der Waals surface area contributed by atoms with E-state index in [4.69, 9.17) is 35.3 Å². The van der Waals surface area contributed by atoms with Crippen LogP contribution in [0.15, 0.2) is 48.5 Å². The van der Waals surface area contributed by atoms with Crippen molar-refractivity contribution in [3.63, 3.8) is 0 Å². The fraction of sp³-hybridized carbons (Fsp3) is 0.622. The Morgan fingerprint density at radius 1 is 0.727 bits per heavy atom. The average Bonchev–Trinajstić information content (AvgIpc) is 3.42. The summed E-state index contributed by atoms with van der Waals surface area (Å²) in [6.45, 7) is 12.0. The molecule has 1 aliphatic rings. The van der Waals surface area contributed by atoms with Crippen molar-refractivity contribution in [3.8, 4) is 0 Å². The van der Waals surface area contributed by atoms with E-state index in [1.54, 1.807) is 0 Å². The topological polar surface area (TPSA) is 46.2 Å². The highest BCUT2D eigenvalue weighted by Crippen LogP contribution is 2.38. The van der Waals surface area contributed by atoms with Crippen molar-refractivity contribution in [1.82, 2.24) is 0 Å². The van der Waals surface area contributed by atoms with E-state index < -0.39 is 0 Å². The molecule has 0 radical (unpaired) electrons. The smallest absolute Gasteiger partial charge is 0.117 e. The van der Waals surface area contributed by atoms with Gasteiger partial charge in [-0.05, 0) is 66.5 Å². The molecule has 44 heavy (non-hydrogen) atoms. The summed E-state index contributed by atoms with van der Waals surface area (Å²) in [7, 11) is 0. The van der Waals surface area contributed by atoms with Gasteiger partial charge in [-0.1, -0.05) is 89.2 Å². The SMILES string of the molecule is CCCCOC[C@H]1O[C@@H](c2cccc(Cc3cc4cc(Cl)ccc4s3)c2)[C@H](OCCCC)C(OCCCC)[C@@H]1OCCCC. The zero-order chi connectivity index (χ0) is 31.1. The average molecular weight is 645 g/mol. The molecule has 0 spiro atoms. The Bertz CT molecular complexity index is 1230. The Morgan fingerprint density at radius 3 is 2.09 bits per heavy atom. The first-order valence-electron chi connectivity index (χ1n) is 16.9. The van der Waals surface area contributed by atoms with Crippen LogP contribution in [0, 0.1) is 0 Å². The number of unbranched alkanes of at least 4 members (excludes halogenated alkanes) is 4. The van der Waals surface area contributed by atoms with Gasteiger partial charge in [0.2, 0.25) is 0 Å². The molecule has 0 aliphatic carbocycles. The molecular formula is C37H53ClO5S. The van der Waals surface area contributed by atoms with Crippen LogP contribution in [0.2, 0.25) is 5.02 Å². The van der Waals surface area contributed by atoms with E-state index in [1.165, 1.54) is 20.5 Å². The summed E-state index contributed by atoms with van der Waals surface area (Å²) in [6.07, 6.45) is 7.87. The summed E-state index contributed by atoms with van der Waals surface area (Å²) in [5.41, 5.74) is 2.36. The maximum Gasteiger partial charge on any atom is 0.117 e. The van der Waals surface area contributed by atoms with Crippen molar-refractivity contribution in [2.75, 3.05) is 33.0 Å². The van der Waals surface area contributed by atoms with Crippen LogP contribution in [0.1, 0.15) is 101 Å². The third-order valence-electron chi connectivity index (χ3n) is 8.17. The van der Waals surface area contributed by atoms with Gasteiger partial charge in [0.15, 0.2) is 0 Å². The van der Waals surface area contributed by atoms with Crippen molar-refractivity contribution in [2.45, 2.75) is 116 Å². The monoisotopic (exact) mass is 644 g/mol. The van der Waals surface area contributed by atoms with Crippen molar-refractivity contribution in [1.29, 1.82) is 0 Å². The Labute approximate surface area is 274 Å². The van der Waals surface area contributed by atoms with Crippen molar-refractivity contribution in [3.05, 3.63) is 69.6 Å². The highest BCUT2D eigenvalue weighted by atomic mass is 35.5. The lowest BCUT2D eigenvalue weighted by atomic mass is 9.89. The minimum Gasteiger partial charge on any atom is -0.379 e. The van der Waals surface area contributed by atoms with Crippen LogP contribution >= 0.6 is 22.9 Å². The molecule has 2 heterocycles. The van der Waals surface area contributed by atoms with Crippen LogP contribution in [0.4, 0.5) is 0 Å². The molecule has 2 aromatic carbocycles. The van der Waals surface area contributed by atoms with E-state index in [2.05, 4.69) is 64.1 Å². The van der Waals surface area contributed by atoms with Gasteiger partial charge in [-0.2, -0.15) is 0 Å². The molecule has 1 aromatic heterocycles. The van der Waals surface area contributed by atoms with E-state index in [0.29, 0.717) is 26.4 Å². The first-order valence-corrected chi connectivity index (χ1v) is 18.1. The van der Waals surface area contributed by atoms with Gasteiger partial charge in [0, 0.05) is 47.4 Å². The largest absolute Gasteiger partial charge is 0.379 e. The van der Waals surface area contributed by atoms with Gasteiger partial charge in [0.1, 0.15) is 30.5 Å². The molecule has 5 nitrogen and oxygen atoms in total. The van der Waals surface area contributed by atoms with Gasteiger partial charge in [-0.15, -0.1) is 11.3 Å². The fourth-order valence-electron chi connectivity index (χ4n) is 5.67. The zero-order valence-corrected chi connectivity index (χ0v) is 28.8. The third kappa shape index (κ3) is 10.2. The molecule has 5 atom stereocenters. The Balaban J connectivity index is 1.64. The van der Waals surface area contributed by atoms with Crippen LogP contribution in [0.5, 0.6) is 0 Å². The van der Waals surface area contributed by atoms with Gasteiger partial charge < -0.3 is 23.7 Å². The van der Waals surface area contributed by atoms with Gasteiger partial charge in [-0.3, -0.25) is 0 Å². The minimum absolute atomic E-state index is 0.246. The van der Waals surface area contributed by atoms with Gasteiger partial charge in [-0.25, -0.2) is 0 Å². The summed E-state index contributed by atoms with van der Waals surface area (Å²) >= 11 is 8.08. The molecule has 4 rings (SSSR count). The standard InChI is InChI=1S/C37H53ClO5S/c1-5-9-18-39-26-32-35(40-19-10-6-2)37(42-21-12-8-4)36(41-20-11-7-3)34(43-32)28-15-13-14-27(22-28)23-31-25-29-24-30(38)16-17-33(29)44-31/h13-17,22,24-25,32,34-37H,5-12,18-21,23,26H2,1-4H3/t32-,34+,35-,36+,37?/m1/s1. The number of halogens is 1. The maximum absolute atomic E-state index is 6.98. The van der Waals surface area contributed by atoms with Gasteiger partial charge >= 0.3 is 0 Å². The molecule has 1 saturated heterocycles. The number of hydrogen-bond donors (Lipinski definition) is 0. The molecule has 7 heteroatoms. The lowest BCUT2D eigenvalue weighted by Crippen LogP contribution is -2.58. The molecule has 244 valence electrons. The van der Waals surface area contributed by atoms with Gasteiger partial charge in [0.05, 0.1) is 6.61 Å². The van der Waals surface area contributed by atoms with Crippen molar-refractivity contribution < 1.29 is 23.7 Å². The second kappa shape index (κ2) is 19.2.